The third-order valence-corrected chi connectivity index (χ3v) is 5.90. The van der Waals surface area contributed by atoms with E-state index < -0.39 is 4.92 Å². The number of nitrogens with zero attached hydrogens (tertiary/aromatic N) is 3. The fraction of sp³-hybridized carbons (Fsp3) is 0.182. The van der Waals surface area contributed by atoms with Crippen molar-refractivity contribution in [3.05, 3.63) is 75.5 Å². The van der Waals surface area contributed by atoms with Gasteiger partial charge in [0.1, 0.15) is 5.82 Å². The van der Waals surface area contributed by atoms with Gasteiger partial charge >= 0.3 is 0 Å². The van der Waals surface area contributed by atoms with Gasteiger partial charge in [-0.1, -0.05) is 6.07 Å². The maximum atomic E-state index is 12.7. The van der Waals surface area contributed by atoms with Crippen LogP contribution in [0.15, 0.2) is 48.5 Å². The summed E-state index contributed by atoms with van der Waals surface area (Å²) in [4.78, 5) is 23.2. The minimum Gasteiger partial charge on any atom is -0.493 e. The van der Waals surface area contributed by atoms with E-state index in [1.165, 1.54) is 18.2 Å². The van der Waals surface area contributed by atoms with Gasteiger partial charge in [0.25, 0.3) is 5.69 Å². The average molecular weight is 452 g/mol. The molecule has 0 bridgehead atoms. The molecule has 2 aromatic carbocycles. The van der Waals surface area contributed by atoms with Crippen LogP contribution in [0.2, 0.25) is 0 Å². The highest BCUT2D eigenvalue weighted by Gasteiger charge is 2.24. The lowest BCUT2D eigenvalue weighted by Crippen LogP contribution is -2.13. The molecule has 0 atom stereocenters. The summed E-state index contributed by atoms with van der Waals surface area (Å²) >= 11 is 1.72. The highest BCUT2D eigenvalue weighted by Crippen LogP contribution is 2.36. The molecule has 32 heavy (non-hydrogen) atoms. The third kappa shape index (κ3) is 4.30. The number of nitro groups is 1. The molecule has 10 heteroatoms. The topological polar surface area (TPSA) is 109 Å². The van der Waals surface area contributed by atoms with Crippen molar-refractivity contribution >= 4 is 35.3 Å². The van der Waals surface area contributed by atoms with Gasteiger partial charge in [0.2, 0.25) is 5.91 Å². The Morgan fingerprint density at radius 2 is 1.91 bits per heavy atom. The van der Waals surface area contributed by atoms with Crippen molar-refractivity contribution in [3.63, 3.8) is 0 Å². The molecule has 0 radical (unpaired) electrons. The highest BCUT2D eigenvalue weighted by molar-refractivity contribution is 7.98. The van der Waals surface area contributed by atoms with Crippen LogP contribution in [0.4, 0.5) is 11.5 Å². The Morgan fingerprint density at radius 1 is 1.16 bits per heavy atom. The normalized spacial score (nSPS) is 12.6. The molecule has 0 unspecified atom stereocenters. The Hall–Kier alpha value is -3.79. The highest BCUT2D eigenvalue weighted by atomic mass is 32.2. The number of rotatable bonds is 7. The van der Waals surface area contributed by atoms with Crippen molar-refractivity contribution in [1.29, 1.82) is 0 Å². The summed E-state index contributed by atoms with van der Waals surface area (Å²) < 4.78 is 12.1. The van der Waals surface area contributed by atoms with Gasteiger partial charge in [-0.3, -0.25) is 14.9 Å². The van der Waals surface area contributed by atoms with Crippen LogP contribution in [0, 0.1) is 10.1 Å². The molecule has 0 saturated heterocycles. The Morgan fingerprint density at radius 3 is 2.59 bits per heavy atom. The summed E-state index contributed by atoms with van der Waals surface area (Å²) in [6, 6.07) is 11.4. The van der Waals surface area contributed by atoms with E-state index in [9.17, 15) is 14.9 Å². The molecule has 164 valence electrons. The fourth-order valence-corrected chi connectivity index (χ4v) is 4.37. The van der Waals surface area contributed by atoms with Gasteiger partial charge in [0, 0.05) is 35.3 Å². The number of nitro benzene ring substituents is 1. The van der Waals surface area contributed by atoms with Crippen molar-refractivity contribution in [2.45, 2.75) is 11.5 Å². The van der Waals surface area contributed by atoms with Gasteiger partial charge in [-0.05, 0) is 35.9 Å². The van der Waals surface area contributed by atoms with E-state index >= 15 is 0 Å². The van der Waals surface area contributed by atoms with Crippen molar-refractivity contribution < 1.29 is 19.2 Å². The van der Waals surface area contributed by atoms with Crippen LogP contribution in [0.1, 0.15) is 16.8 Å². The number of methoxy groups -OCH3 is 2. The number of carbonyl (C=O) groups is 1. The number of thioether (sulfide) groups is 1. The van der Waals surface area contributed by atoms with Crippen molar-refractivity contribution in [2.24, 2.45) is 0 Å². The molecule has 1 aromatic heterocycles. The van der Waals surface area contributed by atoms with Gasteiger partial charge < -0.3 is 14.8 Å². The van der Waals surface area contributed by atoms with Crippen LogP contribution in [0.5, 0.6) is 11.5 Å². The first-order valence-corrected chi connectivity index (χ1v) is 10.8. The molecule has 0 aliphatic carbocycles. The predicted molar refractivity (Wildman–Crippen MR) is 122 cm³/mol. The van der Waals surface area contributed by atoms with E-state index in [0.29, 0.717) is 23.0 Å². The molecule has 1 amide bonds. The minimum atomic E-state index is -0.453. The van der Waals surface area contributed by atoms with Crippen molar-refractivity contribution in [3.8, 4) is 17.2 Å². The molecular formula is C22H20N4O5S. The molecule has 4 rings (SSSR count). The number of carbonyl (C=O) groups excluding carboxylic acids is 1. The Bertz CT molecular complexity index is 1200. The fourth-order valence-electron chi connectivity index (χ4n) is 3.33. The third-order valence-electron chi connectivity index (χ3n) is 4.93. The molecule has 3 aromatic rings. The Balaban J connectivity index is 1.58. The van der Waals surface area contributed by atoms with Gasteiger partial charge in [0.05, 0.1) is 30.5 Å². The number of anilines is 1. The number of aromatic nitrogens is 2. The number of non-ortho nitro benzene ring substituents is 1. The summed E-state index contributed by atoms with van der Waals surface area (Å²) in [5.74, 6) is 2.91. The van der Waals surface area contributed by atoms with E-state index in [4.69, 9.17) is 9.47 Å². The number of ether oxygens (including phenoxy) is 2. The van der Waals surface area contributed by atoms with Crippen LogP contribution >= 0.6 is 11.8 Å². The van der Waals surface area contributed by atoms with Crippen molar-refractivity contribution in [2.75, 3.05) is 19.5 Å². The monoisotopic (exact) mass is 452 g/mol. The molecule has 0 saturated carbocycles. The molecule has 1 aliphatic heterocycles. The number of amides is 1. The standard InChI is InChI=1S/C22H20N4O5S/c1-30-19-9-3-14(11-20(19)31-2)4-10-21(27)23-22-17-12-32-13-18(17)24-25(22)15-5-7-16(8-6-15)26(28)29/h3-11H,12-13H2,1-2H3,(H,23,27)/b10-4+. The summed E-state index contributed by atoms with van der Waals surface area (Å²) in [6.45, 7) is 0. The number of nitrogens with one attached hydrogen (secondary N) is 1. The maximum Gasteiger partial charge on any atom is 0.269 e. The molecular weight excluding hydrogens is 432 g/mol. The van der Waals surface area contributed by atoms with Crippen LogP contribution in [0.25, 0.3) is 11.8 Å². The number of fused-ring (bicyclic) bond motifs is 1. The zero-order valence-corrected chi connectivity index (χ0v) is 18.2. The molecule has 0 spiro atoms. The first-order valence-electron chi connectivity index (χ1n) is 9.64. The molecule has 1 aliphatic rings. The maximum absolute atomic E-state index is 12.7. The van der Waals surface area contributed by atoms with Crippen LogP contribution < -0.4 is 14.8 Å². The van der Waals surface area contributed by atoms with E-state index in [0.717, 1.165) is 28.3 Å². The SMILES string of the molecule is COc1ccc(/C=C/C(=O)Nc2c3c(nn2-c2ccc([N+](=O)[O-])cc2)CSC3)cc1OC. The molecule has 2 heterocycles. The quantitative estimate of drug-likeness (QED) is 0.325. The van der Waals surface area contributed by atoms with E-state index in [1.54, 1.807) is 61.0 Å². The lowest BCUT2D eigenvalue weighted by molar-refractivity contribution is -0.384. The van der Waals surface area contributed by atoms with Gasteiger partial charge in [-0.2, -0.15) is 16.9 Å². The first kappa shape index (κ1) is 21.4. The van der Waals surface area contributed by atoms with E-state index in [2.05, 4.69) is 10.4 Å². The minimum absolute atomic E-state index is 0.00700. The Labute approximate surface area is 188 Å². The van der Waals surface area contributed by atoms with Crippen molar-refractivity contribution in [1.82, 2.24) is 9.78 Å². The second kappa shape index (κ2) is 9.15. The van der Waals surface area contributed by atoms with Gasteiger partial charge in [-0.15, -0.1) is 0 Å². The second-order valence-corrected chi connectivity index (χ2v) is 7.87. The van der Waals surface area contributed by atoms with Crippen LogP contribution in [-0.4, -0.2) is 34.8 Å². The second-order valence-electron chi connectivity index (χ2n) is 6.89. The molecule has 9 nitrogen and oxygen atoms in total. The smallest absolute Gasteiger partial charge is 0.269 e. The van der Waals surface area contributed by atoms with E-state index in [1.807, 2.05) is 6.07 Å². The van der Waals surface area contributed by atoms with E-state index in [-0.39, 0.29) is 11.6 Å². The average Bonchev–Trinajstić information content (AvgIpc) is 3.40. The zero-order valence-electron chi connectivity index (χ0n) is 17.4. The number of benzene rings is 2. The summed E-state index contributed by atoms with van der Waals surface area (Å²) in [6.07, 6.45) is 3.11. The largest absolute Gasteiger partial charge is 0.493 e. The Kier molecular flexibility index (Phi) is 6.13. The van der Waals surface area contributed by atoms with Gasteiger partial charge in [0.15, 0.2) is 11.5 Å². The number of hydrogen-bond donors (Lipinski definition) is 1. The lowest BCUT2D eigenvalue weighted by Gasteiger charge is -2.10. The summed E-state index contributed by atoms with van der Waals surface area (Å²) in [5, 5.41) is 18.5. The summed E-state index contributed by atoms with van der Waals surface area (Å²) in [5.41, 5.74) is 3.26. The molecule has 0 fully saturated rings. The predicted octanol–water partition coefficient (Wildman–Crippen LogP) is 4.20. The zero-order chi connectivity index (χ0) is 22.7. The van der Waals surface area contributed by atoms with Crippen LogP contribution in [0.3, 0.4) is 0 Å². The molecule has 1 N–H and O–H groups in total. The van der Waals surface area contributed by atoms with Gasteiger partial charge in [-0.25, -0.2) is 4.68 Å². The summed E-state index contributed by atoms with van der Waals surface area (Å²) in [7, 11) is 3.11. The van der Waals surface area contributed by atoms with Crippen LogP contribution in [-0.2, 0) is 16.3 Å². The number of hydrogen-bond acceptors (Lipinski definition) is 7. The first-order chi connectivity index (χ1) is 15.5. The lowest BCUT2D eigenvalue weighted by atomic mass is 10.2.